The highest BCUT2D eigenvalue weighted by Gasteiger charge is 2.25. The van der Waals surface area contributed by atoms with Crippen molar-refractivity contribution in [2.45, 2.75) is 33.0 Å². The third-order valence-electron chi connectivity index (χ3n) is 3.95. The lowest BCUT2D eigenvalue weighted by molar-refractivity contribution is 0.0916. The highest BCUT2D eigenvalue weighted by atomic mass is 31.2. The van der Waals surface area contributed by atoms with E-state index in [0.29, 0.717) is 29.3 Å². The zero-order valence-corrected chi connectivity index (χ0v) is 19.0. The van der Waals surface area contributed by atoms with Crippen LogP contribution in [0, 0.1) is 0 Å². The molecule has 2 rings (SSSR count). The van der Waals surface area contributed by atoms with Crippen molar-refractivity contribution in [3.63, 3.8) is 0 Å². The fourth-order valence-electron chi connectivity index (χ4n) is 2.87. The number of nitrogens with zero attached hydrogens (tertiary/aromatic N) is 2. The summed E-state index contributed by atoms with van der Waals surface area (Å²) in [5.74, 6) is 0.530. The van der Waals surface area contributed by atoms with Gasteiger partial charge in [-0.05, 0) is 44.5 Å². The Morgan fingerprint density at radius 2 is 1.93 bits per heavy atom. The summed E-state index contributed by atoms with van der Waals surface area (Å²) < 4.78 is 36.3. The second-order valence-electron chi connectivity index (χ2n) is 6.68. The van der Waals surface area contributed by atoms with Crippen molar-refractivity contribution in [1.29, 1.82) is 0 Å². The van der Waals surface area contributed by atoms with E-state index in [1.54, 1.807) is 63.1 Å². The Labute approximate surface area is 177 Å². The molecule has 0 saturated heterocycles. The van der Waals surface area contributed by atoms with E-state index in [-0.39, 0.29) is 31.4 Å². The van der Waals surface area contributed by atoms with Crippen LogP contribution in [0.15, 0.2) is 30.5 Å². The van der Waals surface area contributed by atoms with Gasteiger partial charge in [-0.3, -0.25) is 14.0 Å². The van der Waals surface area contributed by atoms with Gasteiger partial charge in [-0.1, -0.05) is 0 Å². The van der Waals surface area contributed by atoms with Crippen LogP contribution in [0.3, 0.4) is 0 Å². The van der Waals surface area contributed by atoms with Gasteiger partial charge in [0.2, 0.25) is 0 Å². The molecule has 9 nitrogen and oxygen atoms in total. The molecule has 0 radical (unpaired) electrons. The third-order valence-corrected chi connectivity index (χ3v) is 6.01. The maximum atomic E-state index is 13.0. The van der Waals surface area contributed by atoms with E-state index in [1.165, 1.54) is 0 Å². The van der Waals surface area contributed by atoms with Crippen molar-refractivity contribution in [1.82, 2.24) is 9.78 Å². The first-order valence-electron chi connectivity index (χ1n) is 9.77. The van der Waals surface area contributed by atoms with Gasteiger partial charge in [-0.15, -0.1) is 0 Å². The van der Waals surface area contributed by atoms with Gasteiger partial charge in [0.05, 0.1) is 26.0 Å². The van der Waals surface area contributed by atoms with Crippen LogP contribution >= 0.6 is 7.60 Å². The van der Waals surface area contributed by atoms with Crippen LogP contribution in [0.1, 0.15) is 36.7 Å². The average molecular weight is 439 g/mol. The minimum Gasteiger partial charge on any atom is -0.488 e. The second-order valence-corrected chi connectivity index (χ2v) is 8.74. The number of methoxy groups -OCH3 is 1. The van der Waals surface area contributed by atoms with Crippen molar-refractivity contribution in [2.75, 3.05) is 32.2 Å². The normalized spacial score (nSPS) is 12.6. The van der Waals surface area contributed by atoms with Crippen molar-refractivity contribution in [2.24, 2.45) is 7.05 Å². The molecule has 0 fully saturated rings. The van der Waals surface area contributed by atoms with Crippen LogP contribution in [0.25, 0.3) is 0 Å². The molecule has 1 atom stereocenters. The number of carbonyl (C=O) groups excluding carboxylic acids is 1. The molecule has 0 aliphatic rings. The molecule has 0 spiro atoms. The Kier molecular flexibility index (Phi) is 9.05. The van der Waals surface area contributed by atoms with Crippen LogP contribution < -0.4 is 10.1 Å². The number of ether oxygens (including phenoxy) is 2. The number of carbonyl (C=O) groups is 1. The third kappa shape index (κ3) is 7.25. The van der Waals surface area contributed by atoms with Crippen molar-refractivity contribution >= 4 is 19.3 Å². The molecule has 1 heterocycles. The van der Waals surface area contributed by atoms with E-state index in [0.717, 1.165) is 0 Å². The predicted octanol–water partition coefficient (Wildman–Crippen LogP) is 3.85. The molecule has 0 aliphatic carbocycles. The minimum absolute atomic E-state index is 0.0222. The highest BCUT2D eigenvalue weighted by Crippen LogP contribution is 2.51. The van der Waals surface area contributed by atoms with E-state index in [1.807, 2.05) is 6.92 Å². The molecule has 166 valence electrons. The van der Waals surface area contributed by atoms with E-state index < -0.39 is 7.60 Å². The van der Waals surface area contributed by atoms with Crippen LogP contribution in [-0.2, 0) is 31.6 Å². The number of aromatic nitrogens is 2. The lowest BCUT2D eigenvalue weighted by atomic mass is 10.1. The molecule has 1 aromatic carbocycles. The van der Waals surface area contributed by atoms with Gasteiger partial charge < -0.3 is 23.8 Å². The van der Waals surface area contributed by atoms with Gasteiger partial charge in [0, 0.05) is 32.0 Å². The number of aryl methyl sites for hydroxylation is 1. The smallest absolute Gasteiger partial charge is 0.335 e. The summed E-state index contributed by atoms with van der Waals surface area (Å²) in [5, 5.41) is 6.90. The average Bonchev–Trinajstić information content (AvgIpc) is 3.06. The van der Waals surface area contributed by atoms with E-state index in [4.69, 9.17) is 18.5 Å². The number of hydrogen-bond acceptors (Lipinski definition) is 7. The number of anilines is 1. The number of nitrogens with one attached hydrogen (secondary N) is 1. The molecule has 0 unspecified atom stereocenters. The quantitative estimate of drug-likeness (QED) is 0.501. The minimum atomic E-state index is -3.35. The molecule has 0 bridgehead atoms. The lowest BCUT2D eigenvalue weighted by Gasteiger charge is -2.19. The first-order chi connectivity index (χ1) is 14.3. The zero-order chi connectivity index (χ0) is 22.1. The number of rotatable bonds is 12. The van der Waals surface area contributed by atoms with Gasteiger partial charge in [-0.2, -0.15) is 5.10 Å². The zero-order valence-electron chi connectivity index (χ0n) is 18.1. The van der Waals surface area contributed by atoms with E-state index in [9.17, 15) is 9.36 Å². The topological polar surface area (TPSA) is 101 Å². The van der Waals surface area contributed by atoms with E-state index >= 15 is 0 Å². The van der Waals surface area contributed by atoms with Crippen LogP contribution in [0.2, 0.25) is 0 Å². The molecule has 0 saturated carbocycles. The van der Waals surface area contributed by atoms with Crippen LogP contribution in [0.4, 0.5) is 5.82 Å². The molecule has 0 aliphatic heterocycles. The van der Waals surface area contributed by atoms with Crippen LogP contribution in [0.5, 0.6) is 5.75 Å². The van der Waals surface area contributed by atoms with Crippen molar-refractivity contribution < 1.29 is 27.9 Å². The van der Waals surface area contributed by atoms with E-state index in [2.05, 4.69) is 10.4 Å². The Balaban J connectivity index is 2.33. The maximum Gasteiger partial charge on any atom is 0.335 e. The van der Waals surface area contributed by atoms with Crippen molar-refractivity contribution in [3.8, 4) is 5.75 Å². The predicted molar refractivity (Wildman–Crippen MR) is 114 cm³/mol. The number of benzene rings is 1. The largest absolute Gasteiger partial charge is 0.488 e. The van der Waals surface area contributed by atoms with Crippen LogP contribution in [-0.4, -0.2) is 48.7 Å². The SMILES string of the molecule is CCOP(=O)(Cc1cc(O[C@@H](C)COC)cc(C(=O)Nc2ccn(C)n2)c1)OCC. The Morgan fingerprint density at radius 1 is 1.23 bits per heavy atom. The molecule has 30 heavy (non-hydrogen) atoms. The summed E-state index contributed by atoms with van der Waals surface area (Å²) >= 11 is 0. The summed E-state index contributed by atoms with van der Waals surface area (Å²) in [5.41, 5.74) is 0.950. The summed E-state index contributed by atoms with van der Waals surface area (Å²) in [7, 11) is -0.000796. The fourth-order valence-corrected chi connectivity index (χ4v) is 4.54. The second kappa shape index (κ2) is 11.3. The Morgan fingerprint density at radius 3 is 2.50 bits per heavy atom. The summed E-state index contributed by atoms with van der Waals surface area (Å²) in [4.78, 5) is 12.8. The summed E-state index contributed by atoms with van der Waals surface area (Å²) in [6, 6.07) is 6.70. The summed E-state index contributed by atoms with van der Waals surface area (Å²) in [6.45, 7) is 6.26. The fraction of sp³-hybridized carbons (Fsp3) is 0.500. The lowest BCUT2D eigenvalue weighted by Crippen LogP contribution is -2.19. The summed E-state index contributed by atoms with van der Waals surface area (Å²) in [6.07, 6.45) is 1.52. The molecule has 1 aromatic heterocycles. The maximum absolute atomic E-state index is 13.0. The molecular weight excluding hydrogens is 409 g/mol. The Hall–Kier alpha value is -2.19. The van der Waals surface area contributed by atoms with Gasteiger partial charge >= 0.3 is 7.60 Å². The van der Waals surface area contributed by atoms with Gasteiger partial charge in [0.25, 0.3) is 5.91 Å². The van der Waals surface area contributed by atoms with Gasteiger partial charge in [0.15, 0.2) is 5.82 Å². The molecule has 2 aromatic rings. The number of hydrogen-bond donors (Lipinski definition) is 1. The Bertz CT molecular complexity index is 875. The monoisotopic (exact) mass is 439 g/mol. The molecule has 1 N–H and O–H groups in total. The molecule has 1 amide bonds. The van der Waals surface area contributed by atoms with Crippen molar-refractivity contribution in [3.05, 3.63) is 41.6 Å². The highest BCUT2D eigenvalue weighted by molar-refractivity contribution is 7.53. The first-order valence-corrected chi connectivity index (χ1v) is 11.5. The van der Waals surface area contributed by atoms with Gasteiger partial charge in [-0.25, -0.2) is 0 Å². The van der Waals surface area contributed by atoms with Gasteiger partial charge in [0.1, 0.15) is 11.9 Å². The molecular formula is C20H30N3O6P. The number of amides is 1. The molecule has 10 heteroatoms. The first kappa shape index (κ1) is 24.1. The standard InChI is InChI=1S/C20H30N3O6P/c1-6-27-30(25,28-7-2)14-16-10-17(12-18(11-16)29-15(3)13-26-5)20(24)21-19-8-9-23(4)22-19/h8-12,15H,6-7,13-14H2,1-5H3,(H,21,22,24)/t15-/m0/s1.